The fourth-order valence-corrected chi connectivity index (χ4v) is 1.68. The smallest absolute Gasteiger partial charge is 0.246 e. The molecule has 0 aliphatic heterocycles. The summed E-state index contributed by atoms with van der Waals surface area (Å²) in [5.74, 6) is -0.156. The molecule has 1 amide bonds. The zero-order chi connectivity index (χ0) is 13.0. The number of alkyl halides is 1. The summed E-state index contributed by atoms with van der Waals surface area (Å²) in [7, 11) is 0. The van der Waals surface area contributed by atoms with Crippen LogP contribution >= 0.6 is 11.6 Å². The van der Waals surface area contributed by atoms with Crippen LogP contribution in [0.5, 0.6) is 0 Å². The molecule has 0 saturated carbocycles. The molecule has 2 rings (SSSR count). The van der Waals surface area contributed by atoms with Gasteiger partial charge in [0.2, 0.25) is 5.91 Å². The molecule has 0 saturated heterocycles. The van der Waals surface area contributed by atoms with Gasteiger partial charge in [0.1, 0.15) is 24.7 Å². The molecule has 0 aliphatic carbocycles. The van der Waals surface area contributed by atoms with Gasteiger partial charge in [0.05, 0.1) is 0 Å². The molecule has 94 valence electrons. The average Bonchev–Trinajstić information content (AvgIpc) is 2.89. The number of nitrogens with zero attached hydrogens (tertiary/aromatic N) is 4. The highest BCUT2D eigenvalue weighted by atomic mass is 35.5. The monoisotopic (exact) mass is 264 g/mol. The largest absolute Gasteiger partial charge is 0.301 e. The van der Waals surface area contributed by atoms with Crippen molar-refractivity contribution in [1.82, 2.24) is 14.8 Å². The molecule has 0 bridgehead atoms. The van der Waals surface area contributed by atoms with E-state index in [1.807, 2.05) is 30.3 Å². The van der Waals surface area contributed by atoms with Crippen molar-refractivity contribution < 1.29 is 4.79 Å². The Morgan fingerprint density at radius 2 is 1.94 bits per heavy atom. The van der Waals surface area contributed by atoms with E-state index in [4.69, 9.17) is 11.6 Å². The topological polar surface area (TPSA) is 51.0 Å². The van der Waals surface area contributed by atoms with Gasteiger partial charge in [-0.2, -0.15) is 0 Å². The van der Waals surface area contributed by atoms with Gasteiger partial charge in [-0.3, -0.25) is 9.69 Å². The van der Waals surface area contributed by atoms with E-state index in [1.165, 1.54) is 0 Å². The van der Waals surface area contributed by atoms with Gasteiger partial charge < -0.3 is 4.57 Å². The summed E-state index contributed by atoms with van der Waals surface area (Å²) in [6.07, 6.45) is 3.12. The van der Waals surface area contributed by atoms with Crippen LogP contribution in [-0.2, 0) is 11.5 Å². The summed E-state index contributed by atoms with van der Waals surface area (Å²) in [4.78, 5) is 13.7. The van der Waals surface area contributed by atoms with E-state index in [-0.39, 0.29) is 5.91 Å². The van der Waals surface area contributed by atoms with Gasteiger partial charge in [-0.25, -0.2) is 0 Å². The standard InChI is InChI=1S/C12H13ClN4O/c1-10(13)12(18)17(9-16-7-14-15-8-16)11-5-3-2-4-6-11/h2-8,10H,9H2,1H3. The zero-order valence-corrected chi connectivity index (χ0v) is 10.7. The molecular weight excluding hydrogens is 252 g/mol. The molecule has 18 heavy (non-hydrogen) atoms. The van der Waals surface area contributed by atoms with E-state index in [9.17, 15) is 4.79 Å². The first kappa shape index (κ1) is 12.6. The van der Waals surface area contributed by atoms with E-state index < -0.39 is 5.38 Å². The maximum atomic E-state index is 12.1. The quantitative estimate of drug-likeness (QED) is 0.793. The normalized spacial score (nSPS) is 12.1. The van der Waals surface area contributed by atoms with Gasteiger partial charge in [-0.05, 0) is 19.1 Å². The van der Waals surface area contributed by atoms with Crippen LogP contribution < -0.4 is 4.90 Å². The van der Waals surface area contributed by atoms with Crippen LogP contribution in [0.1, 0.15) is 6.92 Å². The fraction of sp³-hybridized carbons (Fsp3) is 0.250. The molecule has 0 aliphatic rings. The van der Waals surface area contributed by atoms with Crippen molar-refractivity contribution in [1.29, 1.82) is 0 Å². The van der Waals surface area contributed by atoms with Gasteiger partial charge in [0.25, 0.3) is 0 Å². The first-order valence-corrected chi connectivity index (χ1v) is 5.95. The maximum absolute atomic E-state index is 12.1. The predicted octanol–water partition coefficient (Wildman–Crippen LogP) is 1.90. The van der Waals surface area contributed by atoms with E-state index in [0.29, 0.717) is 6.67 Å². The number of amides is 1. The molecule has 1 aromatic heterocycles. The van der Waals surface area contributed by atoms with Crippen LogP contribution in [0.2, 0.25) is 0 Å². The summed E-state index contributed by atoms with van der Waals surface area (Å²) < 4.78 is 1.71. The highest BCUT2D eigenvalue weighted by Crippen LogP contribution is 2.17. The van der Waals surface area contributed by atoms with Gasteiger partial charge in [0, 0.05) is 5.69 Å². The second-order valence-corrected chi connectivity index (χ2v) is 4.49. The number of halogens is 1. The molecule has 1 heterocycles. The summed E-state index contributed by atoms with van der Waals surface area (Å²) in [6.45, 7) is 2.00. The highest BCUT2D eigenvalue weighted by molar-refractivity contribution is 6.32. The minimum absolute atomic E-state index is 0.156. The third-order valence-corrected chi connectivity index (χ3v) is 2.63. The lowest BCUT2D eigenvalue weighted by Crippen LogP contribution is -2.37. The van der Waals surface area contributed by atoms with E-state index in [0.717, 1.165) is 5.69 Å². The van der Waals surface area contributed by atoms with E-state index in [1.54, 1.807) is 29.0 Å². The Labute approximate surface area is 110 Å². The van der Waals surface area contributed by atoms with Crippen molar-refractivity contribution >= 4 is 23.2 Å². The van der Waals surface area contributed by atoms with E-state index in [2.05, 4.69) is 10.2 Å². The molecular formula is C12H13ClN4O. The molecule has 0 radical (unpaired) electrons. The first-order valence-electron chi connectivity index (χ1n) is 5.51. The van der Waals surface area contributed by atoms with Crippen molar-refractivity contribution in [3.63, 3.8) is 0 Å². The number of carbonyl (C=O) groups is 1. The summed E-state index contributed by atoms with van der Waals surface area (Å²) in [5, 5.41) is 6.85. The number of carbonyl (C=O) groups excluding carboxylic acids is 1. The first-order chi connectivity index (χ1) is 8.68. The summed E-state index contributed by atoms with van der Waals surface area (Å²) in [6, 6.07) is 9.37. The number of para-hydroxylation sites is 1. The minimum Gasteiger partial charge on any atom is -0.301 e. The number of hydrogen-bond acceptors (Lipinski definition) is 3. The molecule has 2 aromatic rings. The Balaban J connectivity index is 2.26. The van der Waals surface area contributed by atoms with Crippen molar-refractivity contribution in [3.8, 4) is 0 Å². The second-order valence-electron chi connectivity index (χ2n) is 3.84. The Kier molecular flexibility index (Phi) is 3.94. The lowest BCUT2D eigenvalue weighted by atomic mass is 10.2. The van der Waals surface area contributed by atoms with Crippen molar-refractivity contribution in [2.24, 2.45) is 0 Å². The lowest BCUT2D eigenvalue weighted by molar-refractivity contribution is -0.118. The molecule has 0 spiro atoms. The third kappa shape index (κ3) is 2.87. The predicted molar refractivity (Wildman–Crippen MR) is 69.3 cm³/mol. The maximum Gasteiger partial charge on any atom is 0.246 e. The summed E-state index contributed by atoms with van der Waals surface area (Å²) >= 11 is 5.88. The number of anilines is 1. The molecule has 0 N–H and O–H groups in total. The number of aromatic nitrogens is 3. The van der Waals surface area contributed by atoms with Crippen molar-refractivity contribution in [2.45, 2.75) is 19.0 Å². The number of rotatable bonds is 4. The van der Waals surface area contributed by atoms with E-state index >= 15 is 0 Å². The van der Waals surface area contributed by atoms with Gasteiger partial charge >= 0.3 is 0 Å². The molecule has 1 atom stereocenters. The highest BCUT2D eigenvalue weighted by Gasteiger charge is 2.20. The SMILES string of the molecule is CC(Cl)C(=O)N(Cn1cnnc1)c1ccccc1. The Morgan fingerprint density at radius 3 is 2.50 bits per heavy atom. The number of benzene rings is 1. The molecule has 1 unspecified atom stereocenters. The Morgan fingerprint density at radius 1 is 1.33 bits per heavy atom. The van der Waals surface area contributed by atoms with Crippen LogP contribution in [-0.4, -0.2) is 26.0 Å². The summed E-state index contributed by atoms with van der Waals surface area (Å²) in [5.41, 5.74) is 0.795. The fourth-order valence-electron chi connectivity index (χ4n) is 1.56. The number of hydrogen-bond donors (Lipinski definition) is 0. The van der Waals surface area contributed by atoms with Crippen molar-refractivity contribution in [3.05, 3.63) is 43.0 Å². The van der Waals surface area contributed by atoms with Crippen LogP contribution in [0.15, 0.2) is 43.0 Å². The minimum atomic E-state index is -0.582. The third-order valence-electron chi connectivity index (χ3n) is 2.45. The van der Waals surface area contributed by atoms with Crippen LogP contribution in [0.3, 0.4) is 0 Å². The van der Waals surface area contributed by atoms with Gasteiger partial charge in [0.15, 0.2) is 0 Å². The van der Waals surface area contributed by atoms with Gasteiger partial charge in [-0.15, -0.1) is 21.8 Å². The lowest BCUT2D eigenvalue weighted by Gasteiger charge is -2.24. The molecule has 5 nitrogen and oxygen atoms in total. The Bertz CT molecular complexity index is 498. The second kappa shape index (κ2) is 5.64. The van der Waals surface area contributed by atoms with Gasteiger partial charge in [-0.1, -0.05) is 18.2 Å². The van der Waals surface area contributed by atoms with Crippen LogP contribution in [0.25, 0.3) is 0 Å². The van der Waals surface area contributed by atoms with Crippen LogP contribution in [0, 0.1) is 0 Å². The average molecular weight is 265 g/mol. The molecule has 1 aromatic carbocycles. The van der Waals surface area contributed by atoms with Crippen LogP contribution in [0.4, 0.5) is 5.69 Å². The molecule has 6 heteroatoms. The zero-order valence-electron chi connectivity index (χ0n) is 9.90. The Hall–Kier alpha value is -1.88. The molecule has 0 fully saturated rings. The van der Waals surface area contributed by atoms with Crippen molar-refractivity contribution in [2.75, 3.05) is 4.90 Å².